The summed E-state index contributed by atoms with van der Waals surface area (Å²) in [4.78, 5) is 0. The van der Waals surface area contributed by atoms with Crippen LogP contribution in [-0.2, 0) is 10.8 Å². The van der Waals surface area contributed by atoms with Crippen LogP contribution in [0.1, 0.15) is 47.1 Å². The summed E-state index contributed by atoms with van der Waals surface area (Å²) < 4.78 is 7.96. The summed E-state index contributed by atoms with van der Waals surface area (Å²) in [6.45, 7) is 14.9. The molecule has 0 aromatic heterocycles. The molecule has 1 aromatic carbocycles. The van der Waals surface area contributed by atoms with Crippen molar-refractivity contribution in [3.8, 4) is 0 Å². The maximum Gasteiger partial charge on any atom is 0.200 e. The Morgan fingerprint density at radius 2 is 1.45 bits per heavy atom. The van der Waals surface area contributed by atoms with Crippen LogP contribution in [-0.4, -0.2) is 14.9 Å². The zero-order valence-electron chi connectivity index (χ0n) is 13.7. The van der Waals surface area contributed by atoms with Crippen LogP contribution < -0.4 is 0 Å². The van der Waals surface area contributed by atoms with E-state index < -0.39 is 8.32 Å². The van der Waals surface area contributed by atoms with Gasteiger partial charge in [-0.3, -0.25) is 0 Å². The first-order valence-corrected chi connectivity index (χ1v) is 10.9. The van der Waals surface area contributed by atoms with Gasteiger partial charge in [0.1, 0.15) is 0 Å². The normalized spacial score (nSPS) is 12.7. The molecule has 1 nitrogen and oxygen atoms in total. The van der Waals surface area contributed by atoms with Gasteiger partial charge in [-0.25, -0.2) is 0 Å². The minimum atomic E-state index is -1.70. The van der Waals surface area contributed by atoms with Crippen molar-refractivity contribution < 1.29 is 4.43 Å². The molecular formula is C17H29IOSi. The SMILES string of the molecule is CC(C)[Si](OCCc1ccccc1I)(C(C)C)C(C)C. The van der Waals surface area contributed by atoms with E-state index in [1.165, 1.54) is 9.13 Å². The van der Waals surface area contributed by atoms with Crippen LogP contribution in [0.15, 0.2) is 24.3 Å². The van der Waals surface area contributed by atoms with Gasteiger partial charge in [0.2, 0.25) is 0 Å². The predicted octanol–water partition coefficient (Wildman–Crippen LogP) is 6.03. The topological polar surface area (TPSA) is 9.23 Å². The van der Waals surface area contributed by atoms with Crippen LogP contribution in [0.2, 0.25) is 16.6 Å². The highest BCUT2D eigenvalue weighted by atomic mass is 127. The third-order valence-electron chi connectivity index (χ3n) is 4.39. The molecular weight excluding hydrogens is 375 g/mol. The minimum absolute atomic E-state index is 0.664. The summed E-state index contributed by atoms with van der Waals surface area (Å²) in [5.41, 5.74) is 3.40. The molecule has 114 valence electrons. The van der Waals surface area contributed by atoms with Crippen LogP contribution in [0.5, 0.6) is 0 Å². The molecule has 20 heavy (non-hydrogen) atoms. The third-order valence-corrected chi connectivity index (χ3v) is 11.6. The van der Waals surface area contributed by atoms with Gasteiger partial charge in [-0.15, -0.1) is 0 Å². The number of halogens is 1. The molecule has 0 amide bonds. The molecule has 0 atom stereocenters. The van der Waals surface area contributed by atoms with E-state index in [4.69, 9.17) is 4.43 Å². The zero-order valence-corrected chi connectivity index (χ0v) is 16.9. The molecule has 0 aliphatic carbocycles. The quantitative estimate of drug-likeness (QED) is 0.399. The highest BCUT2D eigenvalue weighted by Crippen LogP contribution is 2.42. The van der Waals surface area contributed by atoms with Crippen molar-refractivity contribution >= 4 is 30.9 Å². The van der Waals surface area contributed by atoms with Crippen molar-refractivity contribution in [3.05, 3.63) is 33.4 Å². The minimum Gasteiger partial charge on any atom is -0.416 e. The molecule has 0 N–H and O–H groups in total. The lowest BCUT2D eigenvalue weighted by Crippen LogP contribution is -2.48. The summed E-state index contributed by atoms with van der Waals surface area (Å²) in [6, 6.07) is 8.61. The molecule has 0 unspecified atom stereocenters. The van der Waals surface area contributed by atoms with E-state index in [2.05, 4.69) is 88.4 Å². The van der Waals surface area contributed by atoms with Crippen molar-refractivity contribution in [2.45, 2.75) is 64.6 Å². The molecule has 3 heteroatoms. The lowest BCUT2D eigenvalue weighted by molar-refractivity contribution is 0.281. The molecule has 0 aliphatic heterocycles. The van der Waals surface area contributed by atoms with Crippen LogP contribution in [0.25, 0.3) is 0 Å². The number of hydrogen-bond acceptors (Lipinski definition) is 1. The highest BCUT2D eigenvalue weighted by Gasteiger charge is 2.44. The van der Waals surface area contributed by atoms with Crippen LogP contribution in [0.3, 0.4) is 0 Å². The smallest absolute Gasteiger partial charge is 0.200 e. The predicted molar refractivity (Wildman–Crippen MR) is 99.9 cm³/mol. The van der Waals surface area contributed by atoms with Crippen LogP contribution >= 0.6 is 22.6 Å². The van der Waals surface area contributed by atoms with E-state index >= 15 is 0 Å². The summed E-state index contributed by atoms with van der Waals surface area (Å²) in [7, 11) is -1.70. The lowest BCUT2D eigenvalue weighted by Gasteiger charge is -2.42. The second-order valence-electron chi connectivity index (χ2n) is 6.51. The average molecular weight is 404 g/mol. The summed E-state index contributed by atoms with van der Waals surface area (Å²) in [5, 5.41) is 0. The molecule has 0 radical (unpaired) electrons. The molecule has 0 heterocycles. The van der Waals surface area contributed by atoms with Gasteiger partial charge in [0.05, 0.1) is 0 Å². The standard InChI is InChI=1S/C17H29IOSi/c1-13(2)20(14(3)4,15(5)6)19-12-11-16-9-7-8-10-17(16)18/h7-10,13-15H,11-12H2,1-6H3. The maximum atomic E-state index is 6.61. The fraction of sp³-hybridized carbons (Fsp3) is 0.647. The summed E-state index contributed by atoms with van der Waals surface area (Å²) >= 11 is 2.42. The van der Waals surface area contributed by atoms with E-state index in [1.54, 1.807) is 0 Å². The first kappa shape index (κ1) is 18.2. The highest BCUT2D eigenvalue weighted by molar-refractivity contribution is 14.1. The second-order valence-corrected chi connectivity index (χ2v) is 13.1. The van der Waals surface area contributed by atoms with E-state index in [9.17, 15) is 0 Å². The Morgan fingerprint density at radius 1 is 0.950 bits per heavy atom. The molecule has 0 saturated carbocycles. The Labute approximate surface area is 139 Å². The van der Waals surface area contributed by atoms with Crippen molar-refractivity contribution in [2.75, 3.05) is 6.61 Å². The first-order valence-electron chi connectivity index (χ1n) is 7.69. The molecule has 0 bridgehead atoms. The molecule has 0 fully saturated rings. The maximum absolute atomic E-state index is 6.61. The molecule has 1 aromatic rings. The Morgan fingerprint density at radius 3 is 1.90 bits per heavy atom. The van der Waals surface area contributed by atoms with Crippen LogP contribution in [0, 0.1) is 3.57 Å². The van der Waals surface area contributed by atoms with Gasteiger partial charge >= 0.3 is 0 Å². The summed E-state index contributed by atoms with van der Waals surface area (Å²) in [6.07, 6.45) is 1.03. The van der Waals surface area contributed by atoms with E-state index in [1.807, 2.05) is 0 Å². The van der Waals surface area contributed by atoms with Crippen LogP contribution in [0.4, 0.5) is 0 Å². The largest absolute Gasteiger partial charge is 0.416 e. The zero-order chi connectivity index (χ0) is 15.3. The first-order chi connectivity index (χ1) is 9.32. The number of benzene rings is 1. The number of rotatable bonds is 7. The summed E-state index contributed by atoms with van der Waals surface area (Å²) in [5.74, 6) is 0. The van der Waals surface area contributed by atoms with Gasteiger partial charge in [-0.05, 0) is 57.3 Å². The van der Waals surface area contributed by atoms with E-state index in [0.717, 1.165) is 13.0 Å². The van der Waals surface area contributed by atoms with Gasteiger partial charge in [-0.1, -0.05) is 59.7 Å². The number of hydrogen-bond donors (Lipinski definition) is 0. The average Bonchev–Trinajstić information content (AvgIpc) is 2.35. The van der Waals surface area contributed by atoms with Gasteiger partial charge in [0.25, 0.3) is 0 Å². The Balaban J connectivity index is 2.76. The monoisotopic (exact) mass is 404 g/mol. The Kier molecular flexibility index (Phi) is 7.22. The van der Waals surface area contributed by atoms with Crippen molar-refractivity contribution in [1.29, 1.82) is 0 Å². The lowest BCUT2D eigenvalue weighted by atomic mass is 10.2. The molecule has 0 spiro atoms. The van der Waals surface area contributed by atoms with E-state index in [0.29, 0.717) is 16.6 Å². The van der Waals surface area contributed by atoms with Gasteiger partial charge in [0, 0.05) is 10.2 Å². The molecule has 0 saturated heterocycles. The Bertz CT molecular complexity index is 393. The molecule has 0 aliphatic rings. The van der Waals surface area contributed by atoms with Gasteiger partial charge < -0.3 is 4.43 Å². The Hall–Kier alpha value is 0.127. The van der Waals surface area contributed by atoms with Crippen molar-refractivity contribution in [3.63, 3.8) is 0 Å². The molecule has 1 rings (SSSR count). The van der Waals surface area contributed by atoms with Crippen molar-refractivity contribution in [1.82, 2.24) is 0 Å². The third kappa shape index (κ3) is 4.07. The van der Waals surface area contributed by atoms with E-state index in [-0.39, 0.29) is 0 Å². The van der Waals surface area contributed by atoms with Gasteiger partial charge in [0.15, 0.2) is 8.32 Å². The van der Waals surface area contributed by atoms with Gasteiger partial charge in [-0.2, -0.15) is 0 Å². The fourth-order valence-electron chi connectivity index (χ4n) is 3.54. The fourth-order valence-corrected chi connectivity index (χ4v) is 9.65. The van der Waals surface area contributed by atoms with Crippen molar-refractivity contribution in [2.24, 2.45) is 0 Å². The second kappa shape index (κ2) is 7.94.